The summed E-state index contributed by atoms with van der Waals surface area (Å²) in [5, 5.41) is 0. The van der Waals surface area contributed by atoms with Gasteiger partial charge in [0.1, 0.15) is 0 Å². The average Bonchev–Trinajstić information content (AvgIpc) is 3.23. The first kappa shape index (κ1) is 21.8. The third-order valence-electron chi connectivity index (χ3n) is 13.0. The van der Waals surface area contributed by atoms with Gasteiger partial charge in [-0.05, 0) is 114 Å². The van der Waals surface area contributed by atoms with Crippen molar-refractivity contribution in [3.8, 4) is 0 Å². The zero-order chi connectivity index (χ0) is 21.6. The van der Waals surface area contributed by atoms with Crippen LogP contribution in [-0.2, 0) is 0 Å². The van der Waals surface area contributed by atoms with Crippen molar-refractivity contribution in [3.05, 3.63) is 0 Å². The summed E-state index contributed by atoms with van der Waals surface area (Å²) in [6, 6.07) is 0. The molecule has 5 aliphatic carbocycles. The number of hydrogen-bond donors (Lipinski definition) is 0. The molecule has 8 atom stereocenters. The summed E-state index contributed by atoms with van der Waals surface area (Å²) in [5.74, 6) is 4.87. The van der Waals surface area contributed by atoms with E-state index in [-0.39, 0.29) is 0 Å². The van der Waals surface area contributed by atoms with E-state index in [1.165, 1.54) is 38.5 Å². The summed E-state index contributed by atoms with van der Waals surface area (Å²) in [6.45, 7) is 18.3. The van der Waals surface area contributed by atoms with E-state index in [0.717, 1.165) is 40.4 Å². The highest BCUT2D eigenvalue weighted by Crippen LogP contribution is 2.89. The predicted molar refractivity (Wildman–Crippen MR) is 129 cm³/mol. The first-order valence-electron chi connectivity index (χ1n) is 14.0. The van der Waals surface area contributed by atoms with Crippen molar-refractivity contribution in [2.75, 3.05) is 0 Å². The van der Waals surface area contributed by atoms with Gasteiger partial charge in [0.2, 0.25) is 0 Å². The molecule has 0 amide bonds. The maximum atomic E-state index is 2.81. The Morgan fingerprint density at radius 1 is 0.700 bits per heavy atom. The van der Waals surface area contributed by atoms with E-state index in [0.29, 0.717) is 16.2 Å². The molecule has 0 saturated heterocycles. The molecule has 0 heterocycles. The highest BCUT2D eigenvalue weighted by molar-refractivity contribution is 5.30. The molecule has 2 spiro atoms. The van der Waals surface area contributed by atoms with Crippen molar-refractivity contribution >= 4 is 0 Å². The summed E-state index contributed by atoms with van der Waals surface area (Å²) in [5.41, 5.74) is 3.37. The van der Waals surface area contributed by atoms with Crippen LogP contribution in [-0.4, -0.2) is 0 Å². The van der Waals surface area contributed by atoms with Gasteiger partial charge in [0, 0.05) is 0 Å². The molecule has 0 aromatic carbocycles. The van der Waals surface area contributed by atoms with Crippen LogP contribution in [0.15, 0.2) is 0 Å². The van der Waals surface area contributed by atoms with Crippen LogP contribution in [0.1, 0.15) is 132 Å². The van der Waals surface area contributed by atoms with E-state index < -0.39 is 0 Å². The molecule has 172 valence electrons. The topological polar surface area (TPSA) is 0 Å². The fourth-order valence-corrected chi connectivity index (χ4v) is 11.4. The molecule has 0 radical (unpaired) electrons. The van der Waals surface area contributed by atoms with Crippen molar-refractivity contribution in [2.45, 2.75) is 132 Å². The van der Waals surface area contributed by atoms with Gasteiger partial charge >= 0.3 is 0 Å². The Bertz CT molecular complexity index is 674. The van der Waals surface area contributed by atoms with Crippen molar-refractivity contribution < 1.29 is 0 Å². The summed E-state index contributed by atoms with van der Waals surface area (Å²) in [7, 11) is 0. The Balaban J connectivity index is 1.39. The van der Waals surface area contributed by atoms with Crippen LogP contribution in [0.2, 0.25) is 0 Å². The number of fused-ring (bicyclic) bond motifs is 2. The molecule has 0 heteroatoms. The molecule has 1 unspecified atom stereocenters. The van der Waals surface area contributed by atoms with Crippen LogP contribution in [0.5, 0.6) is 0 Å². The van der Waals surface area contributed by atoms with Crippen LogP contribution in [0.4, 0.5) is 0 Å². The smallest absolute Gasteiger partial charge is 0.0198 e. The zero-order valence-electron chi connectivity index (χ0n) is 21.6. The molecule has 0 aromatic heterocycles. The number of hydrogen-bond acceptors (Lipinski definition) is 0. The van der Waals surface area contributed by atoms with Crippen LogP contribution >= 0.6 is 0 Å². The fourth-order valence-electron chi connectivity index (χ4n) is 11.4. The minimum absolute atomic E-state index is 0.609. The largest absolute Gasteiger partial charge is 0.0628 e. The van der Waals surface area contributed by atoms with E-state index >= 15 is 0 Å². The quantitative estimate of drug-likeness (QED) is 0.422. The normalized spacial score (nSPS) is 52.2. The highest BCUT2D eigenvalue weighted by atomic mass is 14.9. The second-order valence-electron chi connectivity index (χ2n) is 14.8. The molecule has 0 nitrogen and oxygen atoms in total. The van der Waals surface area contributed by atoms with E-state index in [2.05, 4.69) is 48.5 Å². The summed E-state index contributed by atoms with van der Waals surface area (Å²) >= 11 is 0. The second kappa shape index (κ2) is 6.76. The van der Waals surface area contributed by atoms with Gasteiger partial charge in [0.25, 0.3) is 0 Å². The third-order valence-corrected chi connectivity index (χ3v) is 13.0. The minimum Gasteiger partial charge on any atom is -0.0628 e. The minimum atomic E-state index is 0.609. The van der Waals surface area contributed by atoms with Crippen molar-refractivity contribution in [1.82, 2.24) is 0 Å². The van der Waals surface area contributed by atoms with E-state index in [9.17, 15) is 0 Å². The van der Waals surface area contributed by atoms with Gasteiger partial charge in [-0.25, -0.2) is 0 Å². The molecule has 5 fully saturated rings. The molecule has 0 bridgehead atoms. The Morgan fingerprint density at radius 3 is 2.13 bits per heavy atom. The molecule has 5 rings (SSSR count). The van der Waals surface area contributed by atoms with Gasteiger partial charge in [-0.2, -0.15) is 0 Å². The lowest BCUT2D eigenvalue weighted by Gasteiger charge is -2.63. The monoisotopic (exact) mass is 412 g/mol. The van der Waals surface area contributed by atoms with E-state index in [1.807, 2.05) is 0 Å². The molecule has 0 N–H and O–H groups in total. The molecule has 5 saturated carbocycles. The van der Waals surface area contributed by atoms with Crippen molar-refractivity contribution in [3.63, 3.8) is 0 Å². The maximum absolute atomic E-state index is 2.81. The first-order valence-corrected chi connectivity index (χ1v) is 14.0. The number of rotatable bonds is 5. The fraction of sp³-hybridized carbons (Fsp3) is 1.00. The zero-order valence-corrected chi connectivity index (χ0v) is 21.6. The summed E-state index contributed by atoms with van der Waals surface area (Å²) < 4.78 is 0. The Morgan fingerprint density at radius 2 is 1.40 bits per heavy atom. The Labute approximate surface area is 188 Å². The van der Waals surface area contributed by atoms with E-state index in [1.54, 1.807) is 44.9 Å². The summed E-state index contributed by atoms with van der Waals surface area (Å²) in [6.07, 6.45) is 19.9. The molecular weight excluding hydrogens is 360 g/mol. The second-order valence-corrected chi connectivity index (χ2v) is 14.8. The van der Waals surface area contributed by atoms with Gasteiger partial charge in [-0.1, -0.05) is 74.1 Å². The Hall–Kier alpha value is 0. The Kier molecular flexibility index (Phi) is 4.92. The van der Waals surface area contributed by atoms with Gasteiger partial charge in [-0.15, -0.1) is 0 Å². The molecular formula is C30H52. The standard InChI is InChI=1S/C30H52/c1-21(2)10-8-11-22(3)23-14-17-28(7)25-13-12-24-26(4,5)15-9-16-29(24)20-30(25,29)19-18-27(23,28)6/h21-25H,8-20H2,1-7H3/t22-,23-,24+,25+,27-,28+,29-,30?/m1/s1. The first-order chi connectivity index (χ1) is 14.0. The van der Waals surface area contributed by atoms with Gasteiger partial charge in [0.05, 0.1) is 0 Å². The van der Waals surface area contributed by atoms with Crippen LogP contribution in [0.3, 0.4) is 0 Å². The maximum Gasteiger partial charge on any atom is -0.0198 e. The summed E-state index contributed by atoms with van der Waals surface area (Å²) in [4.78, 5) is 0. The van der Waals surface area contributed by atoms with Gasteiger partial charge in [0.15, 0.2) is 0 Å². The lowest BCUT2D eigenvalue weighted by molar-refractivity contribution is -0.142. The van der Waals surface area contributed by atoms with Crippen molar-refractivity contribution in [2.24, 2.45) is 56.7 Å². The van der Waals surface area contributed by atoms with E-state index in [4.69, 9.17) is 0 Å². The van der Waals surface area contributed by atoms with Gasteiger partial charge in [-0.3, -0.25) is 0 Å². The highest BCUT2D eigenvalue weighted by Gasteiger charge is 2.81. The third kappa shape index (κ3) is 2.64. The van der Waals surface area contributed by atoms with Gasteiger partial charge < -0.3 is 0 Å². The lowest BCUT2D eigenvalue weighted by atomic mass is 9.42. The van der Waals surface area contributed by atoms with Crippen LogP contribution < -0.4 is 0 Å². The van der Waals surface area contributed by atoms with Crippen molar-refractivity contribution in [1.29, 1.82) is 0 Å². The molecule has 5 aliphatic rings. The van der Waals surface area contributed by atoms with Crippen LogP contribution in [0, 0.1) is 56.7 Å². The predicted octanol–water partition coefficient (Wildman–Crippen LogP) is 9.28. The lowest BCUT2D eigenvalue weighted by Crippen LogP contribution is -2.56. The molecule has 0 aromatic rings. The SMILES string of the molecule is CC(C)CCC[C@@H](C)[C@H]1CC[C@@]2(C)[C@@H]3CC[C@H]4C(C)(C)CCC[C@@]45CC35CC[C@]12C. The van der Waals surface area contributed by atoms with Crippen LogP contribution in [0.25, 0.3) is 0 Å². The molecule has 0 aliphatic heterocycles. The average molecular weight is 413 g/mol. The molecule has 30 heavy (non-hydrogen) atoms.